The molecule has 1 aliphatic rings. The van der Waals surface area contributed by atoms with Crippen LogP contribution in [0.15, 0.2) is 17.6 Å². The lowest BCUT2D eigenvalue weighted by Crippen LogP contribution is -2.41. The fourth-order valence-electron chi connectivity index (χ4n) is 1.48. The van der Waals surface area contributed by atoms with Crippen LogP contribution < -0.4 is 0 Å². The molecule has 0 spiro atoms. The van der Waals surface area contributed by atoms with Crippen LogP contribution in [0.1, 0.15) is 20.8 Å². The van der Waals surface area contributed by atoms with Crippen molar-refractivity contribution in [3.63, 3.8) is 0 Å². The number of hydrogen-bond donors (Lipinski definition) is 0. The van der Waals surface area contributed by atoms with Crippen LogP contribution >= 0.6 is 0 Å². The Morgan fingerprint density at radius 1 is 1.37 bits per heavy atom. The lowest BCUT2D eigenvalue weighted by atomic mass is 9.97. The molecule has 0 atom stereocenters. The number of carbonyl (C=O) groups excluding carboxylic acids is 1. The summed E-state index contributed by atoms with van der Waals surface area (Å²) in [6.07, 6.45) is 1.83. The summed E-state index contributed by atoms with van der Waals surface area (Å²) in [6, 6.07) is 0. The van der Waals surface area contributed by atoms with Gasteiger partial charge in [0.05, 0.1) is 13.2 Å². The van der Waals surface area contributed by atoms with E-state index in [-0.39, 0.29) is 23.9 Å². The number of ether oxygens (including phenoxy) is 3. The number of rotatable bonds is 4. The van der Waals surface area contributed by atoms with Crippen LogP contribution in [0.4, 0.5) is 0 Å². The fraction of sp³-hybridized carbons (Fsp3) is 0.714. The standard InChI is InChI=1S/C14H23NO4/c1-14(2,3)6-5-12(19-11-17-4)13(16)15-7-9-18-10-8-15/h6H,7-11H2,1-4H3. The van der Waals surface area contributed by atoms with E-state index in [1.165, 1.54) is 7.11 Å². The number of methoxy groups -OCH3 is 1. The Morgan fingerprint density at radius 2 is 2.00 bits per heavy atom. The minimum atomic E-state index is -0.166. The first-order valence-corrected chi connectivity index (χ1v) is 6.40. The van der Waals surface area contributed by atoms with Crippen LogP contribution in [-0.2, 0) is 19.0 Å². The zero-order chi connectivity index (χ0) is 14.3. The third kappa shape index (κ3) is 5.92. The van der Waals surface area contributed by atoms with E-state index in [9.17, 15) is 4.79 Å². The SMILES string of the molecule is COCOC(=C=CC(C)(C)C)C(=O)N1CCOCC1. The predicted octanol–water partition coefficient (Wildman–Crippen LogP) is 1.55. The van der Waals surface area contributed by atoms with Crippen LogP contribution in [0.25, 0.3) is 0 Å². The van der Waals surface area contributed by atoms with Crippen LogP contribution in [0, 0.1) is 5.41 Å². The lowest BCUT2D eigenvalue weighted by molar-refractivity contribution is -0.137. The molecule has 0 radical (unpaired) electrons. The molecule has 0 bridgehead atoms. The van der Waals surface area contributed by atoms with E-state index in [0.717, 1.165) is 0 Å². The third-order valence-electron chi connectivity index (χ3n) is 2.45. The van der Waals surface area contributed by atoms with E-state index >= 15 is 0 Å². The first kappa shape index (κ1) is 15.8. The summed E-state index contributed by atoms with van der Waals surface area (Å²) >= 11 is 0. The van der Waals surface area contributed by atoms with Crippen molar-refractivity contribution in [1.82, 2.24) is 4.90 Å². The molecule has 108 valence electrons. The van der Waals surface area contributed by atoms with Gasteiger partial charge in [-0.1, -0.05) is 26.5 Å². The minimum absolute atomic E-state index is 0.0381. The molecule has 1 fully saturated rings. The average Bonchev–Trinajstić information content (AvgIpc) is 2.38. The maximum atomic E-state index is 12.3. The highest BCUT2D eigenvalue weighted by Gasteiger charge is 2.22. The molecule has 5 heteroatoms. The first-order valence-electron chi connectivity index (χ1n) is 6.40. The summed E-state index contributed by atoms with van der Waals surface area (Å²) in [5.41, 5.74) is 2.89. The Hall–Kier alpha value is -1.29. The molecule has 1 rings (SSSR count). The highest BCUT2D eigenvalue weighted by molar-refractivity contribution is 5.91. The number of nitrogens with zero attached hydrogens (tertiary/aromatic N) is 1. The molecule has 1 heterocycles. The van der Waals surface area contributed by atoms with E-state index < -0.39 is 0 Å². The van der Waals surface area contributed by atoms with Gasteiger partial charge in [-0.3, -0.25) is 4.79 Å². The zero-order valence-electron chi connectivity index (χ0n) is 12.2. The summed E-state index contributed by atoms with van der Waals surface area (Å²) in [6.45, 7) is 8.42. The molecular formula is C14H23NO4. The normalized spacial score (nSPS) is 15.7. The number of hydrogen-bond acceptors (Lipinski definition) is 4. The monoisotopic (exact) mass is 269 g/mol. The molecule has 1 aliphatic heterocycles. The van der Waals surface area contributed by atoms with Gasteiger partial charge in [0.1, 0.15) is 0 Å². The van der Waals surface area contributed by atoms with Gasteiger partial charge < -0.3 is 19.1 Å². The van der Waals surface area contributed by atoms with Crippen molar-refractivity contribution in [2.24, 2.45) is 5.41 Å². The molecule has 5 nitrogen and oxygen atoms in total. The van der Waals surface area contributed by atoms with Crippen LogP contribution in [0.5, 0.6) is 0 Å². The Morgan fingerprint density at radius 3 is 2.53 bits per heavy atom. The highest BCUT2D eigenvalue weighted by Crippen LogP contribution is 2.15. The molecule has 0 aromatic rings. The van der Waals surface area contributed by atoms with Gasteiger partial charge in [-0.25, -0.2) is 0 Å². The molecule has 1 saturated heterocycles. The van der Waals surface area contributed by atoms with Gasteiger partial charge in [-0.05, 0) is 11.5 Å². The number of amides is 1. The van der Waals surface area contributed by atoms with Gasteiger partial charge in [0, 0.05) is 20.2 Å². The molecule has 0 N–H and O–H groups in total. The van der Waals surface area contributed by atoms with Crippen LogP contribution in [0.3, 0.4) is 0 Å². The van der Waals surface area contributed by atoms with Crippen molar-refractivity contribution >= 4 is 5.91 Å². The van der Waals surface area contributed by atoms with Crippen molar-refractivity contribution in [1.29, 1.82) is 0 Å². The number of carbonyl (C=O) groups is 1. The average molecular weight is 269 g/mol. The third-order valence-corrected chi connectivity index (χ3v) is 2.45. The topological polar surface area (TPSA) is 48.0 Å². The van der Waals surface area contributed by atoms with Crippen molar-refractivity contribution < 1.29 is 19.0 Å². The Kier molecular flexibility index (Phi) is 6.09. The van der Waals surface area contributed by atoms with Crippen molar-refractivity contribution in [2.45, 2.75) is 20.8 Å². The molecule has 0 saturated carbocycles. The van der Waals surface area contributed by atoms with Gasteiger partial charge in [0.2, 0.25) is 5.76 Å². The molecule has 0 aromatic heterocycles. The largest absolute Gasteiger partial charge is 0.454 e. The van der Waals surface area contributed by atoms with Gasteiger partial charge in [0.25, 0.3) is 5.91 Å². The van der Waals surface area contributed by atoms with E-state index in [1.54, 1.807) is 4.90 Å². The maximum Gasteiger partial charge on any atom is 0.297 e. The van der Waals surface area contributed by atoms with E-state index in [1.807, 2.05) is 26.8 Å². The van der Waals surface area contributed by atoms with E-state index in [0.29, 0.717) is 26.3 Å². The fourth-order valence-corrected chi connectivity index (χ4v) is 1.48. The Labute approximate surface area is 114 Å². The van der Waals surface area contributed by atoms with Crippen LogP contribution in [0.2, 0.25) is 0 Å². The van der Waals surface area contributed by atoms with Gasteiger partial charge in [-0.2, -0.15) is 0 Å². The summed E-state index contributed by atoms with van der Waals surface area (Å²) < 4.78 is 15.4. The second-order valence-corrected chi connectivity index (χ2v) is 5.44. The minimum Gasteiger partial charge on any atom is -0.454 e. The van der Waals surface area contributed by atoms with Gasteiger partial charge in [-0.15, -0.1) is 0 Å². The summed E-state index contributed by atoms with van der Waals surface area (Å²) in [5, 5.41) is 0. The molecule has 0 unspecified atom stereocenters. The summed E-state index contributed by atoms with van der Waals surface area (Å²) in [4.78, 5) is 14.0. The Bertz CT molecular complexity index is 358. The van der Waals surface area contributed by atoms with Gasteiger partial charge in [0.15, 0.2) is 6.79 Å². The molecular weight excluding hydrogens is 246 g/mol. The van der Waals surface area contributed by atoms with Crippen molar-refractivity contribution in [2.75, 3.05) is 40.2 Å². The highest BCUT2D eigenvalue weighted by atomic mass is 16.7. The predicted molar refractivity (Wildman–Crippen MR) is 71.4 cm³/mol. The van der Waals surface area contributed by atoms with E-state index in [4.69, 9.17) is 14.2 Å². The van der Waals surface area contributed by atoms with Crippen molar-refractivity contribution in [3.8, 4) is 0 Å². The smallest absolute Gasteiger partial charge is 0.297 e. The Balaban J connectivity index is 2.83. The molecule has 19 heavy (non-hydrogen) atoms. The van der Waals surface area contributed by atoms with E-state index in [2.05, 4.69) is 5.73 Å². The van der Waals surface area contributed by atoms with Crippen LogP contribution in [-0.4, -0.2) is 51.0 Å². The van der Waals surface area contributed by atoms with Gasteiger partial charge >= 0.3 is 0 Å². The zero-order valence-corrected chi connectivity index (χ0v) is 12.2. The number of morpholine rings is 1. The maximum absolute atomic E-state index is 12.3. The molecule has 0 aromatic carbocycles. The summed E-state index contributed by atoms with van der Waals surface area (Å²) in [5.74, 6) is 0.0273. The second-order valence-electron chi connectivity index (χ2n) is 5.44. The molecule has 1 amide bonds. The van der Waals surface area contributed by atoms with Crippen molar-refractivity contribution in [3.05, 3.63) is 17.6 Å². The second kappa shape index (κ2) is 7.34. The molecule has 0 aliphatic carbocycles. The lowest BCUT2D eigenvalue weighted by Gasteiger charge is -2.26. The first-order chi connectivity index (χ1) is 8.94. The quantitative estimate of drug-likeness (QED) is 0.336. The summed E-state index contributed by atoms with van der Waals surface area (Å²) in [7, 11) is 1.52.